The van der Waals surface area contributed by atoms with Crippen molar-refractivity contribution in [1.29, 1.82) is 0 Å². The smallest absolute Gasteiger partial charge is 0.307 e. The fourth-order valence-corrected chi connectivity index (χ4v) is 2.36. The van der Waals surface area contributed by atoms with E-state index in [4.69, 9.17) is 4.74 Å². The quantitative estimate of drug-likeness (QED) is 0.868. The molecule has 0 radical (unpaired) electrons. The average molecular weight is 298 g/mol. The Morgan fingerprint density at radius 2 is 2.29 bits per heavy atom. The molecule has 1 aliphatic rings. The molecule has 1 unspecified atom stereocenters. The van der Waals surface area contributed by atoms with Crippen LogP contribution >= 0.6 is 15.9 Å². The monoisotopic (exact) mass is 297 g/mol. The Morgan fingerprint density at radius 3 is 3.00 bits per heavy atom. The van der Waals surface area contributed by atoms with Gasteiger partial charge in [-0.15, -0.1) is 0 Å². The number of halogens is 1. The van der Waals surface area contributed by atoms with Gasteiger partial charge < -0.3 is 10.1 Å². The van der Waals surface area contributed by atoms with Gasteiger partial charge in [-0.25, -0.2) is 0 Å². The van der Waals surface area contributed by atoms with Gasteiger partial charge in [0, 0.05) is 16.1 Å². The van der Waals surface area contributed by atoms with Gasteiger partial charge in [0.25, 0.3) is 0 Å². The third kappa shape index (κ3) is 3.82. The van der Waals surface area contributed by atoms with Crippen molar-refractivity contribution in [2.75, 3.05) is 6.54 Å². The second kappa shape index (κ2) is 6.17. The Morgan fingerprint density at radius 1 is 1.47 bits per heavy atom. The average Bonchev–Trinajstić information content (AvgIpc) is 2.81. The van der Waals surface area contributed by atoms with Gasteiger partial charge in [-0.2, -0.15) is 0 Å². The largest absolute Gasteiger partial charge is 0.461 e. The fourth-order valence-electron chi connectivity index (χ4n) is 1.96. The van der Waals surface area contributed by atoms with E-state index in [2.05, 4.69) is 21.2 Å². The van der Waals surface area contributed by atoms with Crippen LogP contribution in [0.25, 0.3) is 0 Å². The predicted octanol–water partition coefficient (Wildman–Crippen LogP) is 2.63. The Kier molecular flexibility index (Phi) is 4.57. The van der Waals surface area contributed by atoms with Gasteiger partial charge in [-0.1, -0.05) is 34.1 Å². The van der Waals surface area contributed by atoms with Gasteiger partial charge in [-0.3, -0.25) is 4.79 Å². The molecule has 0 amide bonds. The normalized spacial score (nSPS) is 19.2. The van der Waals surface area contributed by atoms with Crippen molar-refractivity contribution in [2.45, 2.75) is 31.9 Å². The standard InChI is InChI=1S/C13H16BrNO2/c14-12-6-2-1-4-10(12)9-17-13(16)8-11-5-3-7-15-11/h1-2,4,6,11,15H,3,5,7-9H2. The van der Waals surface area contributed by atoms with Crippen LogP contribution in [0.15, 0.2) is 28.7 Å². The zero-order valence-corrected chi connectivity index (χ0v) is 11.2. The molecule has 1 saturated heterocycles. The molecule has 1 heterocycles. The van der Waals surface area contributed by atoms with Crippen molar-refractivity contribution in [3.63, 3.8) is 0 Å². The van der Waals surface area contributed by atoms with E-state index >= 15 is 0 Å². The highest BCUT2D eigenvalue weighted by molar-refractivity contribution is 9.10. The minimum absolute atomic E-state index is 0.125. The van der Waals surface area contributed by atoms with Gasteiger partial charge in [0.2, 0.25) is 0 Å². The number of hydrogen-bond donors (Lipinski definition) is 1. The number of carbonyl (C=O) groups excluding carboxylic acids is 1. The summed E-state index contributed by atoms with van der Waals surface area (Å²) in [6.07, 6.45) is 2.71. The van der Waals surface area contributed by atoms with Crippen LogP contribution in [0.1, 0.15) is 24.8 Å². The molecule has 92 valence electrons. The van der Waals surface area contributed by atoms with E-state index in [0.29, 0.717) is 19.1 Å². The molecule has 1 atom stereocenters. The number of rotatable bonds is 4. The van der Waals surface area contributed by atoms with Crippen LogP contribution in [0.4, 0.5) is 0 Å². The summed E-state index contributed by atoms with van der Waals surface area (Å²) in [7, 11) is 0. The number of ether oxygens (including phenoxy) is 1. The summed E-state index contributed by atoms with van der Waals surface area (Å²) in [5.41, 5.74) is 1.00. The van der Waals surface area contributed by atoms with Gasteiger partial charge >= 0.3 is 5.97 Å². The van der Waals surface area contributed by atoms with Gasteiger partial charge in [0.15, 0.2) is 0 Å². The number of nitrogens with one attached hydrogen (secondary N) is 1. The molecule has 0 spiro atoms. The van der Waals surface area contributed by atoms with Crippen molar-refractivity contribution >= 4 is 21.9 Å². The van der Waals surface area contributed by atoms with Gasteiger partial charge in [0.05, 0.1) is 6.42 Å². The Labute approximate surface area is 110 Å². The van der Waals surface area contributed by atoms with Crippen molar-refractivity contribution in [3.8, 4) is 0 Å². The summed E-state index contributed by atoms with van der Waals surface area (Å²) in [6, 6.07) is 8.08. The van der Waals surface area contributed by atoms with Crippen molar-refractivity contribution < 1.29 is 9.53 Å². The predicted molar refractivity (Wildman–Crippen MR) is 69.6 cm³/mol. The first-order chi connectivity index (χ1) is 8.25. The molecule has 1 fully saturated rings. The zero-order chi connectivity index (χ0) is 12.1. The highest BCUT2D eigenvalue weighted by atomic mass is 79.9. The van der Waals surface area contributed by atoms with Crippen molar-refractivity contribution in [1.82, 2.24) is 5.32 Å². The lowest BCUT2D eigenvalue weighted by atomic mass is 10.1. The van der Waals surface area contributed by atoms with Crippen LogP contribution in [0.2, 0.25) is 0 Å². The van der Waals surface area contributed by atoms with E-state index < -0.39 is 0 Å². The maximum Gasteiger partial charge on any atom is 0.307 e. The maximum absolute atomic E-state index is 11.6. The summed E-state index contributed by atoms with van der Waals surface area (Å²) in [5, 5.41) is 3.29. The van der Waals surface area contributed by atoms with E-state index in [9.17, 15) is 4.79 Å². The molecule has 1 aliphatic heterocycles. The maximum atomic E-state index is 11.6. The molecule has 2 rings (SSSR count). The number of esters is 1. The molecule has 0 aromatic heterocycles. The lowest BCUT2D eigenvalue weighted by Crippen LogP contribution is -2.25. The molecule has 17 heavy (non-hydrogen) atoms. The molecule has 0 bridgehead atoms. The number of carbonyl (C=O) groups is 1. The minimum Gasteiger partial charge on any atom is -0.461 e. The SMILES string of the molecule is O=C(CC1CCCN1)OCc1ccccc1Br. The minimum atomic E-state index is -0.125. The van der Waals surface area contributed by atoms with E-state index in [1.807, 2.05) is 24.3 Å². The highest BCUT2D eigenvalue weighted by Crippen LogP contribution is 2.17. The number of hydrogen-bond acceptors (Lipinski definition) is 3. The van der Waals surface area contributed by atoms with Crippen LogP contribution in [0, 0.1) is 0 Å². The molecule has 0 aliphatic carbocycles. The van der Waals surface area contributed by atoms with E-state index in [1.54, 1.807) is 0 Å². The number of benzene rings is 1. The van der Waals surface area contributed by atoms with Gasteiger partial charge in [0.1, 0.15) is 6.61 Å². The second-order valence-electron chi connectivity index (χ2n) is 4.25. The van der Waals surface area contributed by atoms with E-state index in [0.717, 1.165) is 29.4 Å². The first-order valence-electron chi connectivity index (χ1n) is 5.88. The zero-order valence-electron chi connectivity index (χ0n) is 9.62. The molecule has 3 nitrogen and oxygen atoms in total. The van der Waals surface area contributed by atoms with Crippen LogP contribution in [-0.2, 0) is 16.1 Å². The Bertz CT molecular complexity index is 389. The van der Waals surface area contributed by atoms with Crippen LogP contribution in [0.3, 0.4) is 0 Å². The van der Waals surface area contributed by atoms with Crippen molar-refractivity contribution in [3.05, 3.63) is 34.3 Å². The van der Waals surface area contributed by atoms with Crippen LogP contribution in [-0.4, -0.2) is 18.6 Å². The Hall–Kier alpha value is -0.870. The summed E-state index contributed by atoms with van der Waals surface area (Å²) in [5.74, 6) is -0.125. The lowest BCUT2D eigenvalue weighted by molar-refractivity contribution is -0.145. The molecular weight excluding hydrogens is 282 g/mol. The van der Waals surface area contributed by atoms with Crippen molar-refractivity contribution in [2.24, 2.45) is 0 Å². The second-order valence-corrected chi connectivity index (χ2v) is 5.10. The molecule has 1 aromatic rings. The molecule has 1 N–H and O–H groups in total. The molecule has 4 heteroatoms. The third-order valence-electron chi connectivity index (χ3n) is 2.92. The summed E-state index contributed by atoms with van der Waals surface area (Å²) >= 11 is 3.43. The van der Waals surface area contributed by atoms with E-state index in [1.165, 1.54) is 0 Å². The third-order valence-corrected chi connectivity index (χ3v) is 3.70. The summed E-state index contributed by atoms with van der Waals surface area (Å²) in [6.45, 7) is 1.36. The summed E-state index contributed by atoms with van der Waals surface area (Å²) < 4.78 is 6.24. The molecule has 0 saturated carbocycles. The fraction of sp³-hybridized carbons (Fsp3) is 0.462. The van der Waals surface area contributed by atoms with Crippen LogP contribution in [0.5, 0.6) is 0 Å². The van der Waals surface area contributed by atoms with Crippen LogP contribution < -0.4 is 5.32 Å². The molecular formula is C13H16BrNO2. The highest BCUT2D eigenvalue weighted by Gasteiger charge is 2.18. The Balaban J connectivity index is 1.77. The first kappa shape index (κ1) is 12.6. The molecule has 1 aromatic carbocycles. The first-order valence-corrected chi connectivity index (χ1v) is 6.67. The topological polar surface area (TPSA) is 38.3 Å². The summed E-state index contributed by atoms with van der Waals surface area (Å²) in [4.78, 5) is 11.6. The van der Waals surface area contributed by atoms with Gasteiger partial charge in [-0.05, 0) is 25.5 Å². The lowest BCUT2D eigenvalue weighted by Gasteiger charge is -2.10. The van der Waals surface area contributed by atoms with E-state index in [-0.39, 0.29) is 5.97 Å².